The van der Waals surface area contributed by atoms with Gasteiger partial charge in [-0.1, -0.05) is 0 Å². The first-order valence-electron chi connectivity index (χ1n) is 6.81. The Kier molecular flexibility index (Phi) is 7.44. The molecule has 0 radical (unpaired) electrons. The molecule has 0 fully saturated rings. The zero-order chi connectivity index (χ0) is 21.1. The molecule has 0 rings (SSSR count). The molecule has 0 aromatic rings. The molecule has 0 aromatic heterocycles. The molecule has 0 aliphatic carbocycles. The van der Waals surface area contributed by atoms with E-state index in [1.54, 1.807) is 0 Å². The van der Waals surface area contributed by atoms with Gasteiger partial charge in [-0.3, -0.25) is 0 Å². The van der Waals surface area contributed by atoms with Crippen molar-refractivity contribution in [3.05, 3.63) is 0 Å². The van der Waals surface area contributed by atoms with E-state index in [2.05, 4.69) is 9.47 Å². The fourth-order valence-corrected chi connectivity index (χ4v) is 1.25. The van der Waals surface area contributed by atoms with Crippen LogP contribution < -0.4 is 11.5 Å². The summed E-state index contributed by atoms with van der Waals surface area (Å²) in [5.41, 5.74) is 3.17. The largest absolute Gasteiger partial charge is 0.446 e. The van der Waals surface area contributed by atoms with Gasteiger partial charge in [0.2, 0.25) is 11.2 Å². The summed E-state index contributed by atoms with van der Waals surface area (Å²) in [6.07, 6.45) is -16.3. The first-order chi connectivity index (χ1) is 11.5. The van der Waals surface area contributed by atoms with Crippen molar-refractivity contribution in [2.45, 2.75) is 49.6 Å². The first kappa shape index (κ1) is 24.4. The van der Waals surface area contributed by atoms with E-state index in [0.717, 1.165) is 0 Å². The third-order valence-electron chi connectivity index (χ3n) is 3.41. The Hall–Kier alpha value is -1.64. The number of alkyl halides is 6. The van der Waals surface area contributed by atoms with E-state index in [1.807, 2.05) is 0 Å². The number of ether oxygens (including phenoxy) is 2. The summed E-state index contributed by atoms with van der Waals surface area (Å²) in [4.78, 5) is 23.0. The van der Waals surface area contributed by atoms with Gasteiger partial charge in [-0.15, -0.1) is 0 Å². The summed E-state index contributed by atoms with van der Waals surface area (Å²) < 4.78 is 84.4. The zero-order valence-corrected chi connectivity index (χ0v) is 13.5. The van der Waals surface area contributed by atoms with E-state index in [1.165, 1.54) is 0 Å². The molecule has 6 N–H and O–H groups in total. The van der Waals surface area contributed by atoms with Crippen LogP contribution in [0, 0.1) is 0 Å². The summed E-state index contributed by atoms with van der Waals surface area (Å²) in [5.74, 6) is -4.30. The van der Waals surface area contributed by atoms with Crippen molar-refractivity contribution in [3.8, 4) is 0 Å². The predicted molar refractivity (Wildman–Crippen MR) is 71.2 cm³/mol. The lowest BCUT2D eigenvalue weighted by Gasteiger charge is -2.33. The fraction of sp³-hybridized carbons (Fsp3) is 0.833. The average Bonchev–Trinajstić information content (AvgIpc) is 2.50. The van der Waals surface area contributed by atoms with Crippen molar-refractivity contribution in [3.63, 3.8) is 0 Å². The SMILES string of the molecule is C[C@](CN)(OC(=O)C(O)C(O)C(=O)O[C@](C)(CN)C(F)(F)F)C(F)(F)F. The van der Waals surface area contributed by atoms with Crippen molar-refractivity contribution < 1.29 is 55.6 Å². The van der Waals surface area contributed by atoms with Crippen molar-refractivity contribution >= 4 is 11.9 Å². The Morgan fingerprint density at radius 2 is 1.04 bits per heavy atom. The summed E-state index contributed by atoms with van der Waals surface area (Å²) >= 11 is 0. The second kappa shape index (κ2) is 7.94. The number of rotatable bonds is 7. The van der Waals surface area contributed by atoms with Crippen LogP contribution in [0.2, 0.25) is 0 Å². The minimum absolute atomic E-state index is 0.345. The molecule has 0 spiro atoms. The standard InChI is InChI=1S/C12H18F6N2O6/c1-9(3-19,11(13,14)15)25-7(23)5(21)6(22)8(24)26-10(2,4-20)12(16,17)18/h5-6,21-22H,3-4,19-20H2,1-2H3/t5?,6?,9-,10-/m1/s1. The molecular weight excluding hydrogens is 382 g/mol. The van der Waals surface area contributed by atoms with Crippen LogP contribution in [0.4, 0.5) is 26.3 Å². The average molecular weight is 400 g/mol. The maximum Gasteiger partial charge on any atom is 0.429 e. The molecule has 0 heterocycles. The van der Waals surface area contributed by atoms with Crippen LogP contribution in [0.3, 0.4) is 0 Å². The molecular formula is C12H18F6N2O6. The van der Waals surface area contributed by atoms with Crippen LogP contribution >= 0.6 is 0 Å². The van der Waals surface area contributed by atoms with Crippen molar-refractivity contribution in [2.24, 2.45) is 11.5 Å². The van der Waals surface area contributed by atoms with Gasteiger partial charge in [0.1, 0.15) is 0 Å². The van der Waals surface area contributed by atoms with Gasteiger partial charge < -0.3 is 31.2 Å². The van der Waals surface area contributed by atoms with Crippen LogP contribution in [0.5, 0.6) is 0 Å². The normalized spacial score (nSPS) is 19.7. The maximum absolute atomic E-state index is 12.8. The predicted octanol–water partition coefficient (Wildman–Crippen LogP) is -0.646. The first-order valence-corrected chi connectivity index (χ1v) is 6.81. The molecule has 0 aliphatic heterocycles. The van der Waals surface area contributed by atoms with Crippen LogP contribution in [0.15, 0.2) is 0 Å². The van der Waals surface area contributed by atoms with Gasteiger partial charge in [0.15, 0.2) is 12.2 Å². The highest BCUT2D eigenvalue weighted by Gasteiger charge is 2.56. The van der Waals surface area contributed by atoms with Crippen molar-refractivity contribution in [1.82, 2.24) is 0 Å². The number of hydrogen-bond donors (Lipinski definition) is 4. The lowest BCUT2D eigenvalue weighted by atomic mass is 10.1. The van der Waals surface area contributed by atoms with Gasteiger partial charge in [-0.25, -0.2) is 9.59 Å². The fourth-order valence-electron chi connectivity index (χ4n) is 1.25. The highest BCUT2D eigenvalue weighted by molar-refractivity contribution is 5.85. The molecule has 26 heavy (non-hydrogen) atoms. The molecule has 0 aromatic carbocycles. The maximum atomic E-state index is 12.8. The highest BCUT2D eigenvalue weighted by Crippen LogP contribution is 2.34. The topological polar surface area (TPSA) is 145 Å². The minimum atomic E-state index is -5.17. The Bertz CT molecular complexity index is 481. The molecule has 14 heteroatoms. The number of carbonyl (C=O) groups excluding carboxylic acids is 2. The number of esters is 2. The Morgan fingerprint density at radius 1 is 0.808 bits per heavy atom. The monoisotopic (exact) mass is 400 g/mol. The van der Waals surface area contributed by atoms with Crippen LogP contribution in [-0.4, -0.2) is 71.0 Å². The molecule has 0 saturated heterocycles. The van der Waals surface area contributed by atoms with Gasteiger partial charge in [0, 0.05) is 13.1 Å². The zero-order valence-electron chi connectivity index (χ0n) is 13.5. The summed E-state index contributed by atoms with van der Waals surface area (Å²) in [7, 11) is 0. The number of nitrogens with two attached hydrogens (primary N) is 2. The Labute approximate surface area is 143 Å². The lowest BCUT2D eigenvalue weighted by Crippen LogP contribution is -2.56. The summed E-state index contributed by atoms with van der Waals surface area (Å²) in [6.45, 7) is -1.85. The van der Waals surface area contributed by atoms with E-state index in [0.29, 0.717) is 13.8 Å². The van der Waals surface area contributed by atoms with Crippen molar-refractivity contribution in [1.29, 1.82) is 0 Å². The van der Waals surface area contributed by atoms with Gasteiger partial charge >= 0.3 is 24.3 Å². The van der Waals surface area contributed by atoms with Crippen LogP contribution in [0.25, 0.3) is 0 Å². The van der Waals surface area contributed by atoms with Crippen molar-refractivity contribution in [2.75, 3.05) is 13.1 Å². The Balaban J connectivity index is 5.24. The smallest absolute Gasteiger partial charge is 0.429 e. The lowest BCUT2D eigenvalue weighted by molar-refractivity contribution is -0.269. The van der Waals surface area contributed by atoms with Crippen LogP contribution in [-0.2, 0) is 19.1 Å². The van der Waals surface area contributed by atoms with Gasteiger partial charge in [0.25, 0.3) is 0 Å². The quantitative estimate of drug-likeness (QED) is 0.326. The van der Waals surface area contributed by atoms with E-state index in [9.17, 15) is 46.1 Å². The Morgan fingerprint density at radius 3 is 1.19 bits per heavy atom. The molecule has 2 unspecified atom stereocenters. The molecule has 0 amide bonds. The third kappa shape index (κ3) is 5.18. The van der Waals surface area contributed by atoms with E-state index in [-0.39, 0.29) is 0 Å². The minimum Gasteiger partial charge on any atom is -0.446 e. The van der Waals surface area contributed by atoms with E-state index in [4.69, 9.17) is 11.5 Å². The highest BCUT2D eigenvalue weighted by atomic mass is 19.4. The van der Waals surface area contributed by atoms with E-state index < -0.39 is 60.8 Å². The molecule has 0 saturated carbocycles. The van der Waals surface area contributed by atoms with Gasteiger partial charge in [0.05, 0.1) is 0 Å². The summed E-state index contributed by atoms with van der Waals surface area (Å²) in [6, 6.07) is 0. The number of aliphatic hydroxyl groups is 2. The molecule has 0 bridgehead atoms. The summed E-state index contributed by atoms with van der Waals surface area (Å²) in [5, 5.41) is 18.8. The number of carbonyl (C=O) groups is 2. The second-order valence-electron chi connectivity index (χ2n) is 5.60. The molecule has 4 atom stereocenters. The number of halogens is 6. The van der Waals surface area contributed by atoms with E-state index >= 15 is 0 Å². The van der Waals surface area contributed by atoms with Gasteiger partial charge in [-0.2, -0.15) is 26.3 Å². The number of aliphatic hydroxyl groups excluding tert-OH is 2. The number of hydrogen-bond acceptors (Lipinski definition) is 8. The molecule has 0 aliphatic rings. The second-order valence-corrected chi connectivity index (χ2v) is 5.60. The molecule has 154 valence electrons. The van der Waals surface area contributed by atoms with Crippen LogP contribution in [0.1, 0.15) is 13.8 Å². The molecule has 8 nitrogen and oxygen atoms in total. The third-order valence-corrected chi connectivity index (χ3v) is 3.41. The van der Waals surface area contributed by atoms with Gasteiger partial charge in [-0.05, 0) is 13.8 Å².